The number of carbonyl (C=O) groups excluding carboxylic acids is 1. The molecule has 0 atom stereocenters. The van der Waals surface area contributed by atoms with Gasteiger partial charge in [0.2, 0.25) is 0 Å². The first-order chi connectivity index (χ1) is 7.36. The van der Waals surface area contributed by atoms with Crippen LogP contribution in [-0.2, 0) is 6.54 Å². The second kappa shape index (κ2) is 4.87. The van der Waals surface area contributed by atoms with Crippen molar-refractivity contribution in [3.8, 4) is 0 Å². The van der Waals surface area contributed by atoms with Gasteiger partial charge in [-0.1, -0.05) is 0 Å². The minimum Gasteiger partial charge on any atom is -0.353 e. The highest BCUT2D eigenvalue weighted by molar-refractivity contribution is 5.74. The molecule has 1 N–H and O–H groups in total. The van der Waals surface area contributed by atoms with E-state index in [1.807, 2.05) is 29.4 Å². The van der Waals surface area contributed by atoms with Gasteiger partial charge in [0, 0.05) is 38.6 Å². The number of urea groups is 1. The van der Waals surface area contributed by atoms with Crippen molar-refractivity contribution in [1.29, 1.82) is 0 Å². The number of likely N-dealkylation sites (tertiary alicyclic amines) is 1. The van der Waals surface area contributed by atoms with Gasteiger partial charge in [-0.2, -0.15) is 0 Å². The highest BCUT2D eigenvalue weighted by atomic mass is 16.2. The van der Waals surface area contributed by atoms with Gasteiger partial charge in [-0.3, -0.25) is 0 Å². The predicted molar refractivity (Wildman–Crippen MR) is 58.6 cm³/mol. The van der Waals surface area contributed by atoms with E-state index in [-0.39, 0.29) is 6.03 Å². The van der Waals surface area contributed by atoms with Gasteiger partial charge >= 0.3 is 6.03 Å². The normalized spacial score (nSPS) is 15.6. The van der Waals surface area contributed by atoms with Crippen molar-refractivity contribution in [2.24, 2.45) is 0 Å². The molecule has 4 heteroatoms. The molecule has 0 unspecified atom stereocenters. The van der Waals surface area contributed by atoms with Crippen molar-refractivity contribution in [3.63, 3.8) is 0 Å². The molecule has 0 bridgehead atoms. The van der Waals surface area contributed by atoms with Crippen molar-refractivity contribution in [1.82, 2.24) is 14.8 Å². The van der Waals surface area contributed by atoms with Crippen LogP contribution in [0.5, 0.6) is 0 Å². The SMILES string of the molecule is O=C(NCCn1cccc1)N1CCCC1. The number of amides is 2. The van der Waals surface area contributed by atoms with Gasteiger partial charge in [0.15, 0.2) is 0 Å². The summed E-state index contributed by atoms with van der Waals surface area (Å²) in [7, 11) is 0. The van der Waals surface area contributed by atoms with Gasteiger partial charge in [0.05, 0.1) is 0 Å². The molecule has 0 aromatic carbocycles. The van der Waals surface area contributed by atoms with E-state index in [9.17, 15) is 4.79 Å². The zero-order valence-corrected chi connectivity index (χ0v) is 8.85. The number of aromatic nitrogens is 1. The summed E-state index contributed by atoms with van der Waals surface area (Å²) in [6.07, 6.45) is 6.29. The summed E-state index contributed by atoms with van der Waals surface area (Å²) in [6, 6.07) is 4.06. The molecule has 82 valence electrons. The minimum atomic E-state index is 0.0830. The van der Waals surface area contributed by atoms with Crippen LogP contribution >= 0.6 is 0 Å². The summed E-state index contributed by atoms with van der Waals surface area (Å²) in [5.74, 6) is 0. The molecule has 1 aromatic heterocycles. The number of hydrogen-bond donors (Lipinski definition) is 1. The van der Waals surface area contributed by atoms with Crippen LogP contribution in [0.25, 0.3) is 0 Å². The van der Waals surface area contributed by atoms with Gasteiger partial charge in [-0.25, -0.2) is 4.79 Å². The molecule has 0 aliphatic carbocycles. The van der Waals surface area contributed by atoms with Crippen LogP contribution in [0.15, 0.2) is 24.5 Å². The first-order valence-electron chi connectivity index (χ1n) is 5.50. The first kappa shape index (κ1) is 10.1. The smallest absolute Gasteiger partial charge is 0.317 e. The van der Waals surface area contributed by atoms with Crippen molar-refractivity contribution < 1.29 is 4.79 Å². The van der Waals surface area contributed by atoms with E-state index >= 15 is 0 Å². The highest BCUT2D eigenvalue weighted by Crippen LogP contribution is 2.06. The van der Waals surface area contributed by atoms with Gasteiger partial charge in [-0.15, -0.1) is 0 Å². The number of rotatable bonds is 3. The zero-order chi connectivity index (χ0) is 10.5. The van der Waals surface area contributed by atoms with Crippen LogP contribution in [0.3, 0.4) is 0 Å². The molecular weight excluding hydrogens is 190 g/mol. The van der Waals surface area contributed by atoms with Gasteiger partial charge < -0.3 is 14.8 Å². The molecule has 0 saturated carbocycles. The molecule has 2 amide bonds. The molecule has 2 rings (SSSR count). The van der Waals surface area contributed by atoms with E-state index in [4.69, 9.17) is 0 Å². The number of carbonyl (C=O) groups is 1. The topological polar surface area (TPSA) is 37.3 Å². The van der Waals surface area contributed by atoms with Crippen molar-refractivity contribution >= 4 is 6.03 Å². The molecule has 1 aliphatic heterocycles. The Morgan fingerprint density at radius 2 is 1.87 bits per heavy atom. The third-order valence-corrected chi connectivity index (χ3v) is 2.71. The van der Waals surface area contributed by atoms with Gasteiger partial charge in [0.25, 0.3) is 0 Å². The van der Waals surface area contributed by atoms with Gasteiger partial charge in [0.1, 0.15) is 0 Å². The van der Waals surface area contributed by atoms with E-state index < -0.39 is 0 Å². The Morgan fingerprint density at radius 1 is 1.20 bits per heavy atom. The van der Waals surface area contributed by atoms with E-state index in [1.54, 1.807) is 0 Å². The molecule has 1 saturated heterocycles. The average molecular weight is 207 g/mol. The maximum absolute atomic E-state index is 11.6. The molecule has 0 spiro atoms. The second-order valence-corrected chi connectivity index (χ2v) is 3.85. The minimum absolute atomic E-state index is 0.0830. The lowest BCUT2D eigenvalue weighted by Gasteiger charge is -2.16. The van der Waals surface area contributed by atoms with Crippen molar-refractivity contribution in [2.75, 3.05) is 19.6 Å². The maximum atomic E-state index is 11.6. The largest absolute Gasteiger partial charge is 0.353 e. The molecule has 4 nitrogen and oxygen atoms in total. The predicted octanol–water partition coefficient (Wildman–Crippen LogP) is 1.29. The number of nitrogens with one attached hydrogen (secondary N) is 1. The van der Waals surface area contributed by atoms with Crippen LogP contribution in [0.2, 0.25) is 0 Å². The summed E-state index contributed by atoms with van der Waals surface area (Å²) < 4.78 is 2.06. The van der Waals surface area contributed by atoms with Crippen molar-refractivity contribution in [3.05, 3.63) is 24.5 Å². The molecule has 0 radical (unpaired) electrons. The summed E-state index contributed by atoms with van der Waals surface area (Å²) in [4.78, 5) is 13.5. The zero-order valence-electron chi connectivity index (χ0n) is 8.85. The summed E-state index contributed by atoms with van der Waals surface area (Å²) in [5.41, 5.74) is 0. The number of nitrogens with zero attached hydrogens (tertiary/aromatic N) is 2. The molecule has 1 aliphatic rings. The van der Waals surface area contributed by atoms with Crippen LogP contribution in [-0.4, -0.2) is 35.1 Å². The van der Waals surface area contributed by atoms with E-state index in [0.29, 0.717) is 6.54 Å². The highest BCUT2D eigenvalue weighted by Gasteiger charge is 2.16. The lowest BCUT2D eigenvalue weighted by molar-refractivity contribution is 0.208. The van der Waals surface area contributed by atoms with Crippen molar-refractivity contribution in [2.45, 2.75) is 19.4 Å². The van der Waals surface area contributed by atoms with E-state index in [0.717, 1.165) is 32.5 Å². The Kier molecular flexibility index (Phi) is 3.27. The summed E-state index contributed by atoms with van der Waals surface area (Å²) in [6.45, 7) is 3.36. The maximum Gasteiger partial charge on any atom is 0.317 e. The van der Waals surface area contributed by atoms with E-state index in [2.05, 4.69) is 9.88 Å². The lowest BCUT2D eigenvalue weighted by Crippen LogP contribution is -2.39. The molecule has 2 heterocycles. The quantitative estimate of drug-likeness (QED) is 0.797. The second-order valence-electron chi connectivity index (χ2n) is 3.85. The molecule has 1 fully saturated rings. The van der Waals surface area contributed by atoms with Gasteiger partial charge in [-0.05, 0) is 25.0 Å². The summed E-state index contributed by atoms with van der Waals surface area (Å²) in [5, 5.41) is 2.93. The van der Waals surface area contributed by atoms with Crippen LogP contribution in [0, 0.1) is 0 Å². The Bertz CT molecular complexity index is 302. The Hall–Kier alpha value is -1.45. The van der Waals surface area contributed by atoms with Crippen LogP contribution in [0.4, 0.5) is 4.79 Å². The van der Waals surface area contributed by atoms with E-state index in [1.165, 1.54) is 0 Å². The first-order valence-corrected chi connectivity index (χ1v) is 5.50. The standard InChI is InChI=1S/C11H17N3O/c15-11(14-8-3-4-9-14)12-5-10-13-6-1-2-7-13/h1-2,6-7H,3-5,8-10H2,(H,12,15). The lowest BCUT2D eigenvalue weighted by atomic mass is 10.4. The third-order valence-electron chi connectivity index (χ3n) is 2.71. The third kappa shape index (κ3) is 2.75. The molecule has 1 aromatic rings. The fourth-order valence-corrected chi connectivity index (χ4v) is 1.84. The fourth-order valence-electron chi connectivity index (χ4n) is 1.84. The summed E-state index contributed by atoms with van der Waals surface area (Å²) >= 11 is 0. The molecule has 15 heavy (non-hydrogen) atoms. The number of hydrogen-bond acceptors (Lipinski definition) is 1. The van der Waals surface area contributed by atoms with Crippen LogP contribution in [0.1, 0.15) is 12.8 Å². The van der Waals surface area contributed by atoms with Crippen LogP contribution < -0.4 is 5.32 Å². The Balaban J connectivity index is 1.67. The molecular formula is C11H17N3O. The Labute approximate surface area is 89.9 Å². The average Bonchev–Trinajstić information content (AvgIpc) is 2.90. The Morgan fingerprint density at radius 3 is 2.53 bits per heavy atom. The monoisotopic (exact) mass is 207 g/mol. The fraction of sp³-hybridized carbons (Fsp3) is 0.545.